The zero-order chi connectivity index (χ0) is 14.6. The summed E-state index contributed by atoms with van der Waals surface area (Å²) in [6.07, 6.45) is 1.29. The number of sulfone groups is 1. The number of anilines is 1. The molecular weight excluding hydrogens is 262 g/mol. The highest BCUT2D eigenvalue weighted by Gasteiger charge is 2.26. The summed E-state index contributed by atoms with van der Waals surface area (Å²) in [7, 11) is -3.48. The predicted octanol–water partition coefficient (Wildman–Crippen LogP) is 2.23. The molecule has 4 nitrogen and oxygen atoms in total. The first-order valence-electron chi connectivity index (χ1n) is 5.98. The predicted molar refractivity (Wildman–Crippen MR) is 78.0 cm³/mol. The molecule has 1 amide bonds. The van der Waals surface area contributed by atoms with Crippen LogP contribution in [0.3, 0.4) is 0 Å². The minimum atomic E-state index is -3.48. The van der Waals surface area contributed by atoms with Gasteiger partial charge in [0.15, 0.2) is 9.84 Å². The van der Waals surface area contributed by atoms with E-state index in [2.05, 4.69) is 11.9 Å². The first-order valence-corrected chi connectivity index (χ1v) is 7.70. The summed E-state index contributed by atoms with van der Waals surface area (Å²) in [6.45, 7) is 8.67. The molecule has 1 rings (SSSR count). The van der Waals surface area contributed by atoms with Crippen molar-refractivity contribution in [3.63, 3.8) is 0 Å². The Bertz CT molecular complexity index is 591. The van der Waals surface area contributed by atoms with Crippen LogP contribution in [0.25, 0.3) is 0 Å². The molecule has 0 heterocycles. The molecule has 0 aromatic heterocycles. The van der Waals surface area contributed by atoms with Crippen molar-refractivity contribution in [1.29, 1.82) is 0 Å². The normalized spacial score (nSPS) is 12.8. The number of rotatable bonds is 5. The number of amides is 1. The highest BCUT2D eigenvalue weighted by atomic mass is 32.2. The molecular formula is C14H19NO3S. The van der Waals surface area contributed by atoms with Gasteiger partial charge in [0.05, 0.1) is 5.75 Å². The number of carbonyl (C=O) groups excluding carboxylic acids is 1. The smallest absolute Gasteiger partial charge is 0.242 e. The van der Waals surface area contributed by atoms with Crippen LogP contribution in [0.5, 0.6) is 0 Å². The van der Waals surface area contributed by atoms with Gasteiger partial charge in [0.25, 0.3) is 0 Å². The average Bonchev–Trinajstić information content (AvgIpc) is 2.32. The lowest BCUT2D eigenvalue weighted by atomic mass is 10.1. The summed E-state index contributed by atoms with van der Waals surface area (Å²) >= 11 is 0. The summed E-state index contributed by atoms with van der Waals surface area (Å²) in [4.78, 5) is 11.9. The van der Waals surface area contributed by atoms with Crippen molar-refractivity contribution in [2.75, 3.05) is 11.1 Å². The largest absolute Gasteiger partial charge is 0.325 e. The van der Waals surface area contributed by atoms with E-state index in [4.69, 9.17) is 0 Å². The second kappa shape index (κ2) is 6.02. The van der Waals surface area contributed by atoms with Gasteiger partial charge in [-0.05, 0) is 44.0 Å². The van der Waals surface area contributed by atoms with E-state index < -0.39 is 21.0 Å². The fourth-order valence-corrected chi connectivity index (χ4v) is 2.54. The maximum atomic E-state index is 11.9. The van der Waals surface area contributed by atoms with Crippen molar-refractivity contribution in [1.82, 2.24) is 0 Å². The summed E-state index contributed by atoms with van der Waals surface area (Å²) in [5, 5.41) is 1.53. The van der Waals surface area contributed by atoms with Crippen molar-refractivity contribution in [2.24, 2.45) is 0 Å². The van der Waals surface area contributed by atoms with Gasteiger partial charge in [-0.3, -0.25) is 4.79 Å². The number of hydrogen-bond donors (Lipinski definition) is 1. The number of benzene rings is 1. The molecule has 1 N–H and O–H groups in total. The monoisotopic (exact) mass is 281 g/mol. The molecule has 0 aliphatic carbocycles. The van der Waals surface area contributed by atoms with Crippen molar-refractivity contribution in [3.8, 4) is 0 Å². The van der Waals surface area contributed by atoms with Gasteiger partial charge in [-0.15, -0.1) is 6.58 Å². The molecule has 1 atom stereocenters. The third-order valence-electron chi connectivity index (χ3n) is 3.03. The maximum Gasteiger partial charge on any atom is 0.242 e. The third kappa shape index (κ3) is 3.92. The van der Waals surface area contributed by atoms with Gasteiger partial charge in [0.2, 0.25) is 5.91 Å². The van der Waals surface area contributed by atoms with E-state index in [0.29, 0.717) is 5.69 Å². The SMILES string of the molecule is C=CCS(=O)(=O)C(C)C(=O)Nc1ccc(C)c(C)c1. The van der Waals surface area contributed by atoms with Crippen LogP contribution in [-0.4, -0.2) is 25.3 Å². The van der Waals surface area contributed by atoms with Crippen LogP contribution in [0.15, 0.2) is 30.9 Å². The molecule has 5 heteroatoms. The van der Waals surface area contributed by atoms with Crippen LogP contribution < -0.4 is 5.32 Å². The second-order valence-corrected chi connectivity index (χ2v) is 6.91. The molecule has 1 aromatic rings. The topological polar surface area (TPSA) is 63.2 Å². The Morgan fingerprint density at radius 3 is 2.53 bits per heavy atom. The molecule has 0 spiro atoms. The van der Waals surface area contributed by atoms with Crippen LogP contribution in [-0.2, 0) is 14.6 Å². The Morgan fingerprint density at radius 1 is 1.37 bits per heavy atom. The summed E-state index contributed by atoms with van der Waals surface area (Å²) in [5.41, 5.74) is 2.76. The van der Waals surface area contributed by atoms with Crippen LogP contribution in [0, 0.1) is 13.8 Å². The van der Waals surface area contributed by atoms with Crippen LogP contribution in [0.1, 0.15) is 18.1 Å². The molecule has 0 radical (unpaired) electrons. The lowest BCUT2D eigenvalue weighted by Gasteiger charge is -2.13. The van der Waals surface area contributed by atoms with Crippen molar-refractivity contribution < 1.29 is 13.2 Å². The van der Waals surface area contributed by atoms with Gasteiger partial charge in [0.1, 0.15) is 5.25 Å². The summed E-state index contributed by atoms with van der Waals surface area (Å²) < 4.78 is 23.5. The van der Waals surface area contributed by atoms with Gasteiger partial charge in [0, 0.05) is 5.69 Å². The van der Waals surface area contributed by atoms with E-state index in [1.54, 1.807) is 6.07 Å². The second-order valence-electron chi connectivity index (χ2n) is 4.55. The Labute approximate surface area is 114 Å². The Kier molecular flexibility index (Phi) is 4.89. The van der Waals surface area contributed by atoms with E-state index in [-0.39, 0.29) is 5.75 Å². The molecule has 0 aliphatic rings. The number of carbonyl (C=O) groups is 1. The van der Waals surface area contributed by atoms with Crippen molar-refractivity contribution >= 4 is 21.4 Å². The Morgan fingerprint density at radius 2 is 2.00 bits per heavy atom. The highest BCUT2D eigenvalue weighted by Crippen LogP contribution is 2.15. The minimum Gasteiger partial charge on any atom is -0.325 e. The van der Waals surface area contributed by atoms with E-state index in [9.17, 15) is 13.2 Å². The zero-order valence-electron chi connectivity index (χ0n) is 11.4. The van der Waals surface area contributed by atoms with Crippen LogP contribution in [0.4, 0.5) is 5.69 Å². The third-order valence-corrected chi connectivity index (χ3v) is 5.02. The van der Waals surface area contributed by atoms with Crippen LogP contribution >= 0.6 is 0 Å². The van der Waals surface area contributed by atoms with Crippen molar-refractivity contribution in [3.05, 3.63) is 42.0 Å². The molecule has 19 heavy (non-hydrogen) atoms. The fourth-order valence-electron chi connectivity index (χ4n) is 1.53. The number of hydrogen-bond acceptors (Lipinski definition) is 3. The van der Waals surface area contributed by atoms with E-state index in [1.165, 1.54) is 13.0 Å². The lowest BCUT2D eigenvalue weighted by molar-refractivity contribution is -0.115. The zero-order valence-corrected chi connectivity index (χ0v) is 12.3. The van der Waals surface area contributed by atoms with E-state index >= 15 is 0 Å². The maximum absolute atomic E-state index is 11.9. The number of aryl methyl sites for hydroxylation is 2. The van der Waals surface area contributed by atoms with Crippen LogP contribution in [0.2, 0.25) is 0 Å². The molecule has 0 fully saturated rings. The molecule has 104 valence electrons. The van der Waals surface area contributed by atoms with Gasteiger partial charge in [-0.2, -0.15) is 0 Å². The molecule has 0 saturated heterocycles. The first-order chi connectivity index (χ1) is 8.77. The summed E-state index contributed by atoms with van der Waals surface area (Å²) in [5.74, 6) is -0.723. The fraction of sp³-hybridized carbons (Fsp3) is 0.357. The molecule has 0 saturated carbocycles. The van der Waals surface area contributed by atoms with Gasteiger partial charge in [-0.1, -0.05) is 12.1 Å². The Balaban J connectivity index is 2.85. The number of nitrogens with one attached hydrogen (secondary N) is 1. The molecule has 1 unspecified atom stereocenters. The molecule has 0 bridgehead atoms. The van der Waals surface area contributed by atoms with Crippen molar-refractivity contribution in [2.45, 2.75) is 26.0 Å². The molecule has 0 aliphatic heterocycles. The quantitative estimate of drug-likeness (QED) is 0.842. The molecule has 1 aromatic carbocycles. The van der Waals surface area contributed by atoms with Gasteiger partial charge >= 0.3 is 0 Å². The average molecular weight is 281 g/mol. The van der Waals surface area contributed by atoms with E-state index in [1.807, 2.05) is 26.0 Å². The highest BCUT2D eigenvalue weighted by molar-refractivity contribution is 7.92. The Hall–Kier alpha value is -1.62. The standard InChI is InChI=1S/C14H19NO3S/c1-5-8-19(17,18)12(4)14(16)15-13-7-6-10(2)11(3)9-13/h5-7,9,12H,1,8H2,2-4H3,(H,15,16). The first kappa shape index (κ1) is 15.4. The van der Waals surface area contributed by atoms with Gasteiger partial charge < -0.3 is 5.32 Å². The summed E-state index contributed by atoms with van der Waals surface area (Å²) in [6, 6.07) is 5.46. The lowest BCUT2D eigenvalue weighted by Crippen LogP contribution is -2.33. The minimum absolute atomic E-state index is 0.200. The van der Waals surface area contributed by atoms with Gasteiger partial charge in [-0.25, -0.2) is 8.42 Å². The van der Waals surface area contributed by atoms with E-state index in [0.717, 1.165) is 11.1 Å².